The van der Waals surface area contributed by atoms with Crippen LogP contribution in [-0.4, -0.2) is 37.0 Å². The van der Waals surface area contributed by atoms with Crippen LogP contribution in [0.5, 0.6) is 0 Å². The van der Waals surface area contributed by atoms with Crippen molar-refractivity contribution >= 4 is 66.3 Å². The quantitative estimate of drug-likeness (QED) is 0.394. The lowest BCUT2D eigenvalue weighted by molar-refractivity contribution is -0.120. The summed E-state index contributed by atoms with van der Waals surface area (Å²) >= 11 is 10.7. The van der Waals surface area contributed by atoms with Crippen LogP contribution in [0.1, 0.15) is 35.2 Å². The molecule has 172 valence electrons. The summed E-state index contributed by atoms with van der Waals surface area (Å²) in [5.41, 5.74) is 0.869. The van der Waals surface area contributed by atoms with E-state index in [2.05, 4.69) is 21.2 Å². The predicted molar refractivity (Wildman–Crippen MR) is 134 cm³/mol. The number of hydrogen-bond acceptors (Lipinski definition) is 5. The van der Waals surface area contributed by atoms with Crippen LogP contribution in [0.3, 0.4) is 0 Å². The van der Waals surface area contributed by atoms with Crippen molar-refractivity contribution in [2.24, 2.45) is 0 Å². The molecule has 0 saturated carbocycles. The average molecular weight is 568 g/mol. The molecular weight excluding hydrogens is 548 g/mol. The second-order valence-corrected chi connectivity index (χ2v) is 11.9. The van der Waals surface area contributed by atoms with Crippen molar-refractivity contribution in [3.8, 4) is 0 Å². The molecule has 1 aliphatic heterocycles. The smallest absolute Gasteiger partial charge is 0.253 e. The zero-order chi connectivity index (χ0) is 23.6. The maximum absolute atomic E-state index is 13.3. The highest BCUT2D eigenvalue weighted by Crippen LogP contribution is 2.30. The molecule has 1 unspecified atom stereocenters. The minimum Gasteiger partial charge on any atom is -0.324 e. The third-order valence-electron chi connectivity index (χ3n) is 5.42. The molecule has 2 heterocycles. The van der Waals surface area contributed by atoms with Crippen molar-refractivity contribution in [1.29, 1.82) is 0 Å². The Balaban J connectivity index is 1.64. The first kappa shape index (κ1) is 24.1. The van der Waals surface area contributed by atoms with Crippen molar-refractivity contribution in [2.45, 2.75) is 29.5 Å². The van der Waals surface area contributed by atoms with E-state index < -0.39 is 22.0 Å². The highest BCUT2D eigenvalue weighted by atomic mass is 79.9. The van der Waals surface area contributed by atoms with Crippen LogP contribution in [0.2, 0.25) is 5.02 Å². The molecule has 1 aliphatic rings. The largest absolute Gasteiger partial charge is 0.324 e. The molecule has 1 aromatic heterocycles. The van der Waals surface area contributed by atoms with Gasteiger partial charge in [0.1, 0.15) is 10.3 Å². The van der Waals surface area contributed by atoms with E-state index in [0.29, 0.717) is 33.6 Å². The summed E-state index contributed by atoms with van der Waals surface area (Å²) in [6.07, 6.45) is 1.82. The number of anilines is 1. The van der Waals surface area contributed by atoms with E-state index in [-0.39, 0.29) is 22.1 Å². The number of nitrogens with zero attached hydrogens (tertiary/aromatic N) is 1. The van der Waals surface area contributed by atoms with Crippen LogP contribution in [0, 0.1) is 0 Å². The molecule has 2 aromatic carbocycles. The number of rotatable bonds is 6. The minimum atomic E-state index is -3.79. The molecule has 1 fully saturated rings. The molecule has 0 bridgehead atoms. The minimum absolute atomic E-state index is 0.209. The zero-order valence-electron chi connectivity index (χ0n) is 17.3. The first-order chi connectivity index (χ1) is 15.8. The fourth-order valence-corrected chi connectivity index (χ4v) is 7.16. The number of hydrogen-bond donors (Lipinski definition) is 1. The van der Waals surface area contributed by atoms with Crippen LogP contribution in [0.25, 0.3) is 0 Å². The van der Waals surface area contributed by atoms with Gasteiger partial charge >= 0.3 is 0 Å². The number of piperidine rings is 1. The molecule has 1 amide bonds. The van der Waals surface area contributed by atoms with E-state index in [9.17, 15) is 18.0 Å². The third-order valence-corrected chi connectivity index (χ3v) is 9.52. The topological polar surface area (TPSA) is 83.6 Å². The van der Waals surface area contributed by atoms with Gasteiger partial charge in [-0.15, -0.1) is 11.3 Å². The number of sulfonamides is 1. The number of carbonyl (C=O) groups excluding carboxylic acids is 2. The summed E-state index contributed by atoms with van der Waals surface area (Å²) in [5, 5.41) is 4.80. The Morgan fingerprint density at radius 3 is 2.58 bits per heavy atom. The molecular formula is C23H20BrClN2O4S2. The highest BCUT2D eigenvalue weighted by molar-refractivity contribution is 9.10. The molecule has 4 rings (SSSR count). The van der Waals surface area contributed by atoms with Gasteiger partial charge in [-0.2, -0.15) is 4.31 Å². The number of nitrogens with one attached hydrogen (secondary N) is 1. The van der Waals surface area contributed by atoms with Crippen molar-refractivity contribution in [2.75, 3.05) is 11.9 Å². The molecule has 0 spiro atoms. The van der Waals surface area contributed by atoms with Gasteiger partial charge in [-0.05, 0) is 54.6 Å². The van der Waals surface area contributed by atoms with Crippen LogP contribution in [0.15, 0.2) is 68.7 Å². The summed E-state index contributed by atoms with van der Waals surface area (Å²) in [5.74, 6) is -0.811. The molecule has 0 aliphatic carbocycles. The molecule has 10 heteroatoms. The van der Waals surface area contributed by atoms with Gasteiger partial charge in [-0.25, -0.2) is 8.42 Å². The Kier molecular flexibility index (Phi) is 7.35. The van der Waals surface area contributed by atoms with E-state index >= 15 is 0 Å². The summed E-state index contributed by atoms with van der Waals surface area (Å²) in [7, 11) is -3.79. The van der Waals surface area contributed by atoms with E-state index in [4.69, 9.17) is 11.6 Å². The van der Waals surface area contributed by atoms with E-state index in [1.807, 2.05) is 0 Å². The van der Waals surface area contributed by atoms with Gasteiger partial charge in [0.05, 0.1) is 10.7 Å². The van der Waals surface area contributed by atoms with Gasteiger partial charge in [-0.3, -0.25) is 9.59 Å². The predicted octanol–water partition coefficient (Wildman–Crippen LogP) is 5.58. The zero-order valence-corrected chi connectivity index (χ0v) is 21.3. The maximum atomic E-state index is 13.3. The van der Waals surface area contributed by atoms with E-state index in [1.54, 1.807) is 60.0 Å². The van der Waals surface area contributed by atoms with Crippen LogP contribution in [-0.2, 0) is 14.8 Å². The fraction of sp³-hybridized carbons (Fsp3) is 0.217. The van der Waals surface area contributed by atoms with E-state index in [1.165, 1.54) is 4.31 Å². The summed E-state index contributed by atoms with van der Waals surface area (Å²) in [6.45, 7) is 0.268. The monoisotopic (exact) mass is 566 g/mol. The summed E-state index contributed by atoms with van der Waals surface area (Å²) in [6, 6.07) is 14.0. The third kappa shape index (κ3) is 5.07. The SMILES string of the molecule is O=C(c1ccccc1Cl)c1cc(Br)ccc1NC(=O)C1CCCCN1S(=O)(=O)c1cccs1. The molecule has 3 aromatic rings. The Morgan fingerprint density at radius 1 is 1.06 bits per heavy atom. The number of benzene rings is 2. The average Bonchev–Trinajstić information content (AvgIpc) is 3.36. The first-order valence-corrected chi connectivity index (χ1v) is 13.7. The maximum Gasteiger partial charge on any atom is 0.253 e. The number of amides is 1. The number of thiophene rings is 1. The lowest BCUT2D eigenvalue weighted by Gasteiger charge is -2.33. The van der Waals surface area contributed by atoms with Crippen LogP contribution < -0.4 is 5.32 Å². The molecule has 6 nitrogen and oxygen atoms in total. The lowest BCUT2D eigenvalue weighted by Crippen LogP contribution is -2.49. The van der Waals surface area contributed by atoms with Gasteiger partial charge in [0.15, 0.2) is 5.78 Å². The normalized spacial score (nSPS) is 17.0. The van der Waals surface area contributed by atoms with E-state index in [0.717, 1.165) is 17.8 Å². The number of ketones is 1. The molecule has 0 radical (unpaired) electrons. The van der Waals surface area contributed by atoms with Crippen molar-refractivity contribution in [3.05, 3.63) is 80.6 Å². The number of halogens is 2. The van der Waals surface area contributed by atoms with Crippen LogP contribution in [0.4, 0.5) is 5.69 Å². The lowest BCUT2D eigenvalue weighted by atomic mass is 10.0. The molecule has 33 heavy (non-hydrogen) atoms. The van der Waals surface area contributed by atoms with Gasteiger partial charge in [0.25, 0.3) is 10.0 Å². The van der Waals surface area contributed by atoms with Crippen LogP contribution >= 0.6 is 38.9 Å². The Morgan fingerprint density at radius 2 is 1.85 bits per heavy atom. The number of carbonyl (C=O) groups is 2. The summed E-state index contributed by atoms with van der Waals surface area (Å²) in [4.78, 5) is 26.5. The first-order valence-electron chi connectivity index (χ1n) is 10.2. The van der Waals surface area contributed by atoms with Gasteiger partial charge in [-0.1, -0.05) is 52.2 Å². The molecule has 1 saturated heterocycles. The van der Waals surface area contributed by atoms with Gasteiger partial charge in [0, 0.05) is 22.1 Å². The molecule has 1 atom stereocenters. The van der Waals surface area contributed by atoms with Crippen molar-refractivity contribution in [1.82, 2.24) is 4.31 Å². The fourth-order valence-electron chi connectivity index (χ4n) is 3.80. The van der Waals surface area contributed by atoms with Gasteiger partial charge < -0.3 is 5.32 Å². The van der Waals surface area contributed by atoms with Gasteiger partial charge in [0.2, 0.25) is 5.91 Å². The Labute approximate surface area is 209 Å². The molecule has 1 N–H and O–H groups in total. The van der Waals surface area contributed by atoms with Crippen molar-refractivity contribution < 1.29 is 18.0 Å². The highest BCUT2D eigenvalue weighted by Gasteiger charge is 2.38. The van der Waals surface area contributed by atoms with Crippen molar-refractivity contribution in [3.63, 3.8) is 0 Å². The Hall–Kier alpha value is -2.04. The second-order valence-electron chi connectivity index (χ2n) is 7.55. The summed E-state index contributed by atoms with van der Waals surface area (Å²) < 4.78 is 28.4. The Bertz CT molecular complexity index is 1300. The standard InChI is InChI=1S/C23H20BrClN2O4S2/c24-15-10-11-19(17(14-15)22(28)16-6-1-2-7-18(16)25)26-23(29)20-8-3-4-12-27(20)33(30,31)21-9-5-13-32-21/h1-2,5-7,9-11,13-14,20H,3-4,8,12H2,(H,26,29). The second kappa shape index (κ2) is 10.1.